The van der Waals surface area contributed by atoms with Gasteiger partial charge in [0, 0.05) is 11.6 Å². The van der Waals surface area contributed by atoms with Gasteiger partial charge in [-0.15, -0.1) is 12.4 Å². The molecule has 29 heavy (non-hydrogen) atoms. The average Bonchev–Trinajstić information content (AvgIpc) is 3.07. The second kappa shape index (κ2) is 7.91. The molecule has 0 aliphatic carbocycles. The van der Waals surface area contributed by atoms with Crippen LogP contribution in [0.3, 0.4) is 0 Å². The molecule has 0 unspecified atom stereocenters. The summed E-state index contributed by atoms with van der Waals surface area (Å²) in [7, 11) is 0. The maximum Gasteiger partial charge on any atom is 0.419 e. The van der Waals surface area contributed by atoms with Gasteiger partial charge in [-0.3, -0.25) is 19.5 Å². The van der Waals surface area contributed by atoms with E-state index >= 15 is 0 Å². The lowest BCUT2D eigenvalue weighted by molar-refractivity contribution is -0.140. The van der Waals surface area contributed by atoms with E-state index in [0.717, 1.165) is 23.0 Å². The summed E-state index contributed by atoms with van der Waals surface area (Å²) in [6, 6.07) is 3.05. The zero-order valence-electron chi connectivity index (χ0n) is 14.1. The summed E-state index contributed by atoms with van der Waals surface area (Å²) in [6.45, 7) is -0.747. The van der Waals surface area contributed by atoms with Gasteiger partial charge < -0.3 is 10.4 Å². The fourth-order valence-electron chi connectivity index (χ4n) is 2.57. The van der Waals surface area contributed by atoms with E-state index in [1.165, 1.54) is 0 Å². The number of aromatic amines is 1. The predicted molar refractivity (Wildman–Crippen MR) is 93.4 cm³/mol. The summed E-state index contributed by atoms with van der Waals surface area (Å²) in [6.07, 6.45) is -3.87. The van der Waals surface area contributed by atoms with Gasteiger partial charge in [0.25, 0.3) is 5.91 Å². The summed E-state index contributed by atoms with van der Waals surface area (Å²) in [5, 5.41) is 13.2. The number of hydrogen-bond acceptors (Lipinski definition) is 4. The van der Waals surface area contributed by atoms with Gasteiger partial charge in [-0.2, -0.15) is 13.2 Å². The molecule has 2 heterocycles. The Balaban J connectivity index is 0.00000300. The number of benzene rings is 1. The normalized spacial score (nSPS) is 11.2. The number of hydrogen-bond donors (Lipinski definition) is 3. The first-order valence-corrected chi connectivity index (χ1v) is 7.56. The topological polar surface area (TPSA) is 117 Å². The number of halogens is 5. The first-order chi connectivity index (χ1) is 13.1. The molecule has 1 aromatic carbocycles. The Hall–Kier alpha value is -3.41. The number of aromatic nitrogens is 3. The fourth-order valence-corrected chi connectivity index (χ4v) is 2.57. The van der Waals surface area contributed by atoms with Gasteiger partial charge in [-0.05, 0) is 18.2 Å². The van der Waals surface area contributed by atoms with E-state index in [1.807, 2.05) is 5.32 Å². The third-order valence-electron chi connectivity index (χ3n) is 3.76. The van der Waals surface area contributed by atoms with Crippen molar-refractivity contribution < 1.29 is 32.3 Å². The lowest BCUT2D eigenvalue weighted by atomic mass is 10.1. The van der Waals surface area contributed by atoms with Crippen molar-refractivity contribution in [3.63, 3.8) is 0 Å². The number of fused-ring (bicyclic) bond motifs is 1. The highest BCUT2D eigenvalue weighted by molar-refractivity contribution is 6.01. The monoisotopic (exact) mass is 434 g/mol. The largest absolute Gasteiger partial charge is 0.480 e. The molecule has 2 aromatic heterocycles. The van der Waals surface area contributed by atoms with Crippen LogP contribution in [0.2, 0.25) is 0 Å². The van der Waals surface area contributed by atoms with E-state index < -0.39 is 47.0 Å². The number of H-pyrrole nitrogens is 1. The van der Waals surface area contributed by atoms with E-state index in [2.05, 4.69) is 10.1 Å². The van der Waals surface area contributed by atoms with Crippen LogP contribution in [-0.4, -0.2) is 38.1 Å². The number of carboxylic acid groups (broad SMARTS) is 1. The molecule has 0 aliphatic heterocycles. The van der Waals surface area contributed by atoms with E-state index in [1.54, 1.807) is 0 Å². The summed E-state index contributed by atoms with van der Waals surface area (Å²) < 4.78 is 53.5. The van der Waals surface area contributed by atoms with E-state index in [9.17, 15) is 31.9 Å². The molecule has 1 amide bonds. The number of nitrogens with one attached hydrogen (secondary N) is 2. The van der Waals surface area contributed by atoms with Crippen molar-refractivity contribution in [3.8, 4) is 11.3 Å². The van der Waals surface area contributed by atoms with Gasteiger partial charge in [0.1, 0.15) is 24.3 Å². The summed E-state index contributed by atoms with van der Waals surface area (Å²) >= 11 is 0. The van der Waals surface area contributed by atoms with Gasteiger partial charge in [-0.25, -0.2) is 13.9 Å². The fraction of sp³-hybridized carbons (Fsp3) is 0.125. The van der Waals surface area contributed by atoms with Gasteiger partial charge in [0.15, 0.2) is 11.1 Å². The van der Waals surface area contributed by atoms with Crippen LogP contribution >= 0.6 is 12.4 Å². The maximum absolute atomic E-state index is 13.5. The zero-order chi connectivity index (χ0) is 20.6. The molecule has 0 atom stereocenters. The lowest BCUT2D eigenvalue weighted by Gasteiger charge is -2.12. The number of carbonyl (C=O) groups excluding carboxylic acids is 1. The van der Waals surface area contributed by atoms with Crippen molar-refractivity contribution in [2.75, 3.05) is 6.54 Å². The first kappa shape index (κ1) is 21.9. The van der Waals surface area contributed by atoms with Crippen molar-refractivity contribution in [1.29, 1.82) is 0 Å². The number of amides is 1. The molecule has 3 rings (SSSR count). The number of pyridine rings is 1. The van der Waals surface area contributed by atoms with Gasteiger partial charge in [0.2, 0.25) is 0 Å². The number of rotatable bonds is 4. The standard InChI is InChI=1S/C16H10F4N4O4.ClH/c17-9-2-1-7(3-8(9)16(18,19)20)10-4-11(25)13(14-22-6-23-24(10)14)15(28)21-5-12(26)27;/h1-4,6H,5H2,(H,21,28)(H,22,23)(H,26,27);1H. The van der Waals surface area contributed by atoms with Crippen LogP contribution in [0.15, 0.2) is 35.4 Å². The highest BCUT2D eigenvalue weighted by Crippen LogP contribution is 2.34. The number of carbonyl (C=O) groups is 2. The van der Waals surface area contributed by atoms with E-state index in [4.69, 9.17) is 5.11 Å². The molecular weight excluding hydrogens is 424 g/mol. The minimum atomic E-state index is -4.95. The highest BCUT2D eigenvalue weighted by Gasteiger charge is 2.34. The average molecular weight is 435 g/mol. The lowest BCUT2D eigenvalue weighted by Crippen LogP contribution is -2.33. The summed E-state index contributed by atoms with van der Waals surface area (Å²) in [5.74, 6) is -3.83. The SMILES string of the molecule is Cl.O=C(O)CNC(=O)c1c(=O)cc(-c2ccc(F)c(C(F)(F)F)c2)n2[nH]cnc12. The minimum Gasteiger partial charge on any atom is -0.480 e. The Kier molecular flexibility index (Phi) is 5.97. The Bertz CT molecular complexity index is 1160. The van der Waals surface area contributed by atoms with E-state index in [0.29, 0.717) is 12.1 Å². The van der Waals surface area contributed by atoms with Crippen molar-refractivity contribution in [3.05, 3.63) is 57.8 Å². The smallest absolute Gasteiger partial charge is 0.419 e. The Morgan fingerprint density at radius 2 is 1.93 bits per heavy atom. The predicted octanol–water partition coefficient (Wildman–Crippen LogP) is 2.08. The molecule has 0 saturated heterocycles. The maximum atomic E-state index is 13.5. The van der Waals surface area contributed by atoms with Crippen LogP contribution in [0.4, 0.5) is 17.6 Å². The molecule has 3 aromatic rings. The second-order valence-electron chi connectivity index (χ2n) is 5.58. The van der Waals surface area contributed by atoms with E-state index in [-0.39, 0.29) is 29.3 Å². The van der Waals surface area contributed by atoms with Crippen LogP contribution in [0.1, 0.15) is 15.9 Å². The molecule has 0 bridgehead atoms. The van der Waals surface area contributed by atoms with Crippen LogP contribution < -0.4 is 10.7 Å². The Morgan fingerprint density at radius 3 is 2.55 bits per heavy atom. The van der Waals surface area contributed by atoms with Gasteiger partial charge >= 0.3 is 12.1 Å². The van der Waals surface area contributed by atoms with Crippen LogP contribution in [0, 0.1) is 5.82 Å². The summed E-state index contributed by atoms with van der Waals surface area (Å²) in [5.41, 5.74) is -3.40. The minimum absolute atomic E-state index is 0. The molecule has 0 fully saturated rings. The van der Waals surface area contributed by atoms with Gasteiger partial charge in [-0.1, -0.05) is 0 Å². The molecule has 13 heteroatoms. The Labute approximate surface area is 164 Å². The molecule has 0 saturated carbocycles. The van der Waals surface area contributed by atoms with Crippen LogP contribution in [-0.2, 0) is 11.0 Å². The van der Waals surface area contributed by atoms with Gasteiger partial charge in [0.05, 0.1) is 11.3 Å². The summed E-state index contributed by atoms with van der Waals surface area (Å²) in [4.78, 5) is 38.9. The van der Waals surface area contributed by atoms with Crippen molar-refractivity contribution in [2.24, 2.45) is 0 Å². The molecule has 0 aliphatic rings. The third-order valence-corrected chi connectivity index (χ3v) is 3.76. The zero-order valence-corrected chi connectivity index (χ0v) is 14.9. The molecule has 3 N–H and O–H groups in total. The molecule has 8 nitrogen and oxygen atoms in total. The number of nitrogens with zero attached hydrogens (tertiary/aromatic N) is 2. The number of alkyl halides is 3. The number of aliphatic carboxylic acids is 1. The second-order valence-corrected chi connectivity index (χ2v) is 5.58. The number of carboxylic acids is 1. The quantitative estimate of drug-likeness (QED) is 0.544. The molecule has 0 spiro atoms. The van der Waals surface area contributed by atoms with Crippen LogP contribution in [0.25, 0.3) is 16.9 Å². The van der Waals surface area contributed by atoms with Crippen molar-refractivity contribution >= 4 is 29.9 Å². The molecule has 154 valence electrons. The van der Waals surface area contributed by atoms with Crippen molar-refractivity contribution in [1.82, 2.24) is 19.9 Å². The third kappa shape index (κ3) is 4.21. The molecule has 0 radical (unpaired) electrons. The van der Waals surface area contributed by atoms with Crippen LogP contribution in [0.5, 0.6) is 0 Å². The van der Waals surface area contributed by atoms with Crippen molar-refractivity contribution in [2.45, 2.75) is 6.18 Å². The molecular formula is C16H11ClF4N4O4. The highest BCUT2D eigenvalue weighted by atomic mass is 35.5. The Morgan fingerprint density at radius 1 is 1.24 bits per heavy atom. The first-order valence-electron chi connectivity index (χ1n) is 7.56.